The number of rotatable bonds is 12. The van der Waals surface area contributed by atoms with Crippen molar-refractivity contribution in [1.82, 2.24) is 15.3 Å². The molecule has 0 aromatic carbocycles. The van der Waals surface area contributed by atoms with Gasteiger partial charge in [0.05, 0.1) is 11.8 Å². The zero-order chi connectivity index (χ0) is 31.6. The van der Waals surface area contributed by atoms with Crippen LogP contribution in [0.3, 0.4) is 0 Å². The highest BCUT2D eigenvalue weighted by atomic mass is 16.4. The summed E-state index contributed by atoms with van der Waals surface area (Å²) in [6, 6.07) is -0.269. The van der Waals surface area contributed by atoms with Crippen molar-refractivity contribution in [2.75, 3.05) is 0 Å². The summed E-state index contributed by atoms with van der Waals surface area (Å²) in [6.45, 7) is 14.9. The number of allylic oxidation sites excluding steroid dienone is 1. The number of nitrogens with one attached hydrogen (secondary N) is 3. The monoisotopic (exact) mass is 584 g/mol. The predicted molar refractivity (Wildman–Crippen MR) is 164 cm³/mol. The zero-order valence-electron chi connectivity index (χ0n) is 24.8. The first kappa shape index (κ1) is 31.0. The van der Waals surface area contributed by atoms with Gasteiger partial charge < -0.3 is 25.5 Å². The number of aromatic amines is 2. The minimum Gasteiger partial charge on any atom is -0.481 e. The fourth-order valence-corrected chi connectivity index (χ4v) is 5.71. The van der Waals surface area contributed by atoms with Crippen molar-refractivity contribution >= 4 is 41.6 Å². The Balaban J connectivity index is 1.87. The third-order valence-electron chi connectivity index (χ3n) is 8.24. The van der Waals surface area contributed by atoms with E-state index in [1.165, 1.54) is 6.08 Å². The molecule has 0 aliphatic carbocycles. The number of aliphatic carboxylic acids is 2. The molecule has 4 heterocycles. The van der Waals surface area contributed by atoms with E-state index in [0.717, 1.165) is 33.5 Å². The van der Waals surface area contributed by atoms with Crippen LogP contribution in [0.4, 0.5) is 0 Å². The van der Waals surface area contributed by atoms with E-state index >= 15 is 0 Å². The highest BCUT2D eigenvalue weighted by Gasteiger charge is 2.29. The van der Waals surface area contributed by atoms with Gasteiger partial charge in [0.2, 0.25) is 5.91 Å². The molecule has 5 N–H and O–H groups in total. The molecule has 0 saturated carbocycles. The maximum atomic E-state index is 12.3. The van der Waals surface area contributed by atoms with Gasteiger partial charge in [0.25, 0.3) is 5.91 Å². The molecule has 224 valence electrons. The number of carbonyl (C=O) groups is 4. The Morgan fingerprint density at radius 3 is 2.09 bits per heavy atom. The molecular weight excluding hydrogens is 548 g/mol. The van der Waals surface area contributed by atoms with Crippen LogP contribution >= 0.6 is 0 Å². The molecule has 0 saturated heterocycles. The van der Waals surface area contributed by atoms with E-state index in [4.69, 9.17) is 0 Å². The maximum absolute atomic E-state index is 12.3. The number of nitrogens with zero attached hydrogens (tertiary/aromatic N) is 1. The summed E-state index contributed by atoms with van der Waals surface area (Å²) in [6.07, 6.45) is 7.64. The lowest BCUT2D eigenvalue weighted by Crippen LogP contribution is -2.30. The van der Waals surface area contributed by atoms with Crippen LogP contribution in [-0.2, 0) is 38.4 Å². The largest absolute Gasteiger partial charge is 0.481 e. The van der Waals surface area contributed by atoms with Crippen LogP contribution in [0.2, 0.25) is 0 Å². The Hall–Kier alpha value is -4.99. The maximum Gasteiger partial charge on any atom is 0.303 e. The number of carboxylic acid groups (broad SMARTS) is 2. The molecule has 0 radical (unpaired) electrons. The summed E-state index contributed by atoms with van der Waals surface area (Å²) < 4.78 is 0. The van der Waals surface area contributed by atoms with Gasteiger partial charge in [-0.15, -0.1) is 0 Å². The van der Waals surface area contributed by atoms with E-state index in [0.29, 0.717) is 45.2 Å². The molecular formula is C33H36N4O6. The second-order valence-electron chi connectivity index (χ2n) is 10.8. The summed E-state index contributed by atoms with van der Waals surface area (Å²) in [4.78, 5) is 58.6. The Kier molecular flexibility index (Phi) is 8.99. The summed E-state index contributed by atoms with van der Waals surface area (Å²) in [5.74, 6) is -2.36. The third kappa shape index (κ3) is 6.28. The van der Waals surface area contributed by atoms with Crippen molar-refractivity contribution in [1.29, 1.82) is 0 Å². The molecule has 10 heteroatoms. The van der Waals surface area contributed by atoms with Gasteiger partial charge in [-0.1, -0.05) is 25.3 Å². The van der Waals surface area contributed by atoms with Crippen molar-refractivity contribution < 1.29 is 29.4 Å². The molecule has 0 unspecified atom stereocenters. The van der Waals surface area contributed by atoms with E-state index in [2.05, 4.69) is 33.4 Å². The van der Waals surface area contributed by atoms with E-state index in [9.17, 15) is 29.4 Å². The molecule has 2 amide bonds. The lowest BCUT2D eigenvalue weighted by Gasteiger charge is -2.13. The van der Waals surface area contributed by atoms with Crippen LogP contribution in [0.1, 0.15) is 60.3 Å². The number of aliphatic imine (C=N–C) groups is 1. The molecule has 0 bridgehead atoms. The lowest BCUT2D eigenvalue weighted by atomic mass is 9.98. The fourth-order valence-electron chi connectivity index (χ4n) is 5.71. The molecule has 2 aliphatic heterocycles. The fraction of sp³-hybridized carbons (Fsp3) is 0.303. The van der Waals surface area contributed by atoms with Gasteiger partial charge in [-0.2, -0.15) is 0 Å². The van der Waals surface area contributed by atoms with Gasteiger partial charge in [0.15, 0.2) is 0 Å². The number of carbonyl (C=O) groups excluding carboxylic acids is 2. The minimum absolute atomic E-state index is 0.0736. The topological polar surface area (TPSA) is 165 Å². The van der Waals surface area contributed by atoms with E-state index in [-0.39, 0.29) is 43.5 Å². The quantitative estimate of drug-likeness (QED) is 0.257. The summed E-state index contributed by atoms with van der Waals surface area (Å²) in [5.41, 5.74) is 7.97. The molecule has 0 spiro atoms. The lowest BCUT2D eigenvalue weighted by molar-refractivity contribution is -0.138. The van der Waals surface area contributed by atoms with Gasteiger partial charge in [0, 0.05) is 52.5 Å². The van der Waals surface area contributed by atoms with Crippen molar-refractivity contribution in [3.05, 3.63) is 91.9 Å². The average molecular weight is 585 g/mol. The van der Waals surface area contributed by atoms with Crippen LogP contribution in [0.25, 0.3) is 12.2 Å². The average Bonchev–Trinajstić information content (AvgIpc) is 3.59. The summed E-state index contributed by atoms with van der Waals surface area (Å²) in [5, 5.41) is 23.2. The van der Waals surface area contributed by atoms with Crippen molar-refractivity contribution in [2.24, 2.45) is 4.99 Å². The van der Waals surface area contributed by atoms with Gasteiger partial charge >= 0.3 is 11.9 Å². The van der Waals surface area contributed by atoms with Crippen molar-refractivity contribution in [3.63, 3.8) is 0 Å². The Morgan fingerprint density at radius 2 is 1.51 bits per heavy atom. The molecule has 0 fully saturated rings. The summed E-state index contributed by atoms with van der Waals surface area (Å²) in [7, 11) is 0. The first-order valence-electron chi connectivity index (χ1n) is 14.0. The highest BCUT2D eigenvalue weighted by molar-refractivity contribution is 6.31. The first-order valence-corrected chi connectivity index (χ1v) is 14.0. The van der Waals surface area contributed by atoms with Gasteiger partial charge in [-0.25, -0.2) is 4.99 Å². The van der Waals surface area contributed by atoms with Crippen LogP contribution in [0, 0.1) is 13.8 Å². The number of amides is 2. The Labute approximate surface area is 249 Å². The Bertz CT molecular complexity index is 1790. The van der Waals surface area contributed by atoms with E-state index in [1.54, 1.807) is 26.0 Å². The number of carboxylic acids is 2. The van der Waals surface area contributed by atoms with Crippen molar-refractivity contribution in [3.8, 4) is 0 Å². The van der Waals surface area contributed by atoms with E-state index in [1.807, 2.05) is 19.9 Å². The molecule has 2 aromatic rings. The van der Waals surface area contributed by atoms with Crippen LogP contribution in [0.5, 0.6) is 0 Å². The molecule has 4 rings (SSSR count). The number of aromatic nitrogens is 2. The Morgan fingerprint density at radius 1 is 0.860 bits per heavy atom. The smallest absolute Gasteiger partial charge is 0.303 e. The normalized spacial score (nSPS) is 17.7. The standard InChI is InChI=1S/C33H36N4O6/c1-7-20-19(6)32(42)37-27(20)14-25-18(5)23(10-12-31(40)41)29(35-25)15-28-22(9-11-30(38)39)17(4)24(34-28)13-26-16(3)21(8-2)33(43)36-26/h7-8,13,15,27,34-35H,1-2,9-12,14H2,3-6H3,(H,37,42)(H,38,39)(H,40,41)/b24-13?,28-15-/t27-/m1/s1. The van der Waals surface area contributed by atoms with Gasteiger partial charge in [0.1, 0.15) is 0 Å². The highest BCUT2D eigenvalue weighted by Crippen LogP contribution is 2.26. The second-order valence-corrected chi connectivity index (χ2v) is 10.8. The molecule has 2 aliphatic rings. The van der Waals surface area contributed by atoms with Crippen LogP contribution in [-0.4, -0.2) is 55.7 Å². The van der Waals surface area contributed by atoms with Gasteiger partial charge in [-0.05, 0) is 86.1 Å². The molecule has 43 heavy (non-hydrogen) atoms. The summed E-state index contributed by atoms with van der Waals surface area (Å²) >= 11 is 0. The predicted octanol–water partition coefficient (Wildman–Crippen LogP) is 2.63. The third-order valence-corrected chi connectivity index (χ3v) is 8.24. The van der Waals surface area contributed by atoms with Crippen molar-refractivity contribution in [2.45, 2.75) is 65.8 Å². The van der Waals surface area contributed by atoms with Crippen LogP contribution < -0.4 is 16.0 Å². The number of hydrogen-bond donors (Lipinski definition) is 5. The van der Waals surface area contributed by atoms with Crippen LogP contribution in [0.15, 0.2) is 52.6 Å². The SMILES string of the molecule is C=CC1=C(C)C(C=c2[nH]/c(=C\c3[nH]c(C[C@H]4NC(=O)C(C)=C4C=C)c(C)c3CCC(=O)O)c(CCC(=O)O)c2C)=NC1=O. The zero-order valence-corrected chi connectivity index (χ0v) is 24.8. The number of H-pyrrole nitrogens is 2. The minimum atomic E-state index is -0.933. The molecule has 1 atom stereocenters. The van der Waals surface area contributed by atoms with E-state index < -0.39 is 11.9 Å². The van der Waals surface area contributed by atoms with Gasteiger partial charge in [-0.3, -0.25) is 19.2 Å². The second kappa shape index (κ2) is 12.5. The number of hydrogen-bond acceptors (Lipinski definition) is 4. The molecule has 2 aromatic heterocycles. The molecule has 10 nitrogen and oxygen atoms in total. The first-order chi connectivity index (χ1) is 20.4.